The monoisotopic (exact) mass is 657 g/mol. The first-order chi connectivity index (χ1) is 23.2. The highest BCUT2D eigenvalue weighted by Crippen LogP contribution is 2.28. The lowest BCUT2D eigenvalue weighted by atomic mass is 9.98. The number of hydrogen-bond acceptors (Lipinski definition) is 5. The highest BCUT2D eigenvalue weighted by atomic mass is 16.2. The number of hydrogen-bond donors (Lipinski definition) is 3. The van der Waals surface area contributed by atoms with Crippen LogP contribution in [0.4, 0.5) is 21.0 Å². The SMILES string of the molecule is CC(C)c1ccc(NC(=O)N[C@@H](CC(=O)N2CCC(N3Cc4ccccc4NC3=O)CC2)C(=O)N2CCC(N3CCCCC3)CC2)cc1. The molecule has 0 saturated carbocycles. The molecule has 4 aliphatic heterocycles. The smallest absolute Gasteiger partial charge is 0.322 e. The van der Waals surface area contributed by atoms with Gasteiger partial charge in [-0.25, -0.2) is 9.59 Å². The maximum atomic E-state index is 14.0. The van der Waals surface area contributed by atoms with Crippen molar-refractivity contribution in [2.75, 3.05) is 49.9 Å². The molecule has 0 aliphatic carbocycles. The molecule has 3 fully saturated rings. The van der Waals surface area contributed by atoms with Crippen LogP contribution in [0.25, 0.3) is 0 Å². The molecule has 1 atom stereocenters. The fourth-order valence-corrected chi connectivity index (χ4v) is 7.68. The summed E-state index contributed by atoms with van der Waals surface area (Å²) in [5.41, 5.74) is 3.73. The Morgan fingerprint density at radius 2 is 1.46 bits per heavy atom. The Labute approximate surface area is 284 Å². The second kappa shape index (κ2) is 15.4. The van der Waals surface area contributed by atoms with Crippen molar-refractivity contribution in [3.63, 3.8) is 0 Å². The van der Waals surface area contributed by atoms with Crippen molar-refractivity contribution < 1.29 is 19.2 Å². The van der Waals surface area contributed by atoms with Gasteiger partial charge in [0, 0.05) is 56.2 Å². The molecule has 0 bridgehead atoms. The lowest BCUT2D eigenvalue weighted by Crippen LogP contribution is -2.56. The maximum Gasteiger partial charge on any atom is 0.322 e. The molecule has 0 unspecified atom stereocenters. The maximum absolute atomic E-state index is 14.0. The van der Waals surface area contributed by atoms with Crippen molar-refractivity contribution in [2.24, 2.45) is 0 Å². The van der Waals surface area contributed by atoms with Crippen LogP contribution in [0.15, 0.2) is 48.5 Å². The predicted molar refractivity (Wildman–Crippen MR) is 187 cm³/mol. The van der Waals surface area contributed by atoms with Gasteiger partial charge in [0.25, 0.3) is 0 Å². The van der Waals surface area contributed by atoms with Gasteiger partial charge in [-0.2, -0.15) is 0 Å². The van der Waals surface area contributed by atoms with Crippen LogP contribution in [0.1, 0.15) is 82.3 Å². The number of amides is 6. The van der Waals surface area contributed by atoms with Gasteiger partial charge >= 0.3 is 12.1 Å². The van der Waals surface area contributed by atoms with Crippen molar-refractivity contribution >= 4 is 35.3 Å². The summed E-state index contributed by atoms with van der Waals surface area (Å²) in [6.07, 6.45) is 6.78. The van der Waals surface area contributed by atoms with E-state index >= 15 is 0 Å². The van der Waals surface area contributed by atoms with Crippen LogP contribution in [0.2, 0.25) is 0 Å². The van der Waals surface area contributed by atoms with Gasteiger partial charge < -0.3 is 35.6 Å². The number of anilines is 2. The summed E-state index contributed by atoms with van der Waals surface area (Å²) in [5.74, 6) is 0.00746. The molecule has 0 spiro atoms. The van der Waals surface area contributed by atoms with Gasteiger partial charge in [-0.3, -0.25) is 9.59 Å². The Balaban J connectivity index is 1.07. The lowest BCUT2D eigenvalue weighted by Gasteiger charge is -2.41. The van der Waals surface area contributed by atoms with E-state index in [9.17, 15) is 19.2 Å². The van der Waals surface area contributed by atoms with Crippen LogP contribution in [0, 0.1) is 0 Å². The quantitative estimate of drug-likeness (QED) is 0.361. The van der Waals surface area contributed by atoms with E-state index in [1.54, 1.807) is 4.90 Å². The number of piperidine rings is 3. The number of nitrogens with one attached hydrogen (secondary N) is 3. The summed E-state index contributed by atoms with van der Waals surface area (Å²) in [5, 5.41) is 8.71. The largest absolute Gasteiger partial charge is 0.342 e. The Morgan fingerprint density at radius 1 is 0.812 bits per heavy atom. The van der Waals surface area contributed by atoms with Crippen molar-refractivity contribution in [1.29, 1.82) is 0 Å². The highest BCUT2D eigenvalue weighted by Gasteiger charge is 2.36. The van der Waals surface area contributed by atoms with Crippen molar-refractivity contribution in [3.05, 3.63) is 59.7 Å². The third kappa shape index (κ3) is 8.11. The molecular formula is C37H51N7O4. The van der Waals surface area contributed by atoms with Crippen LogP contribution < -0.4 is 16.0 Å². The Bertz CT molecular complexity index is 1440. The van der Waals surface area contributed by atoms with Gasteiger partial charge in [0.15, 0.2) is 0 Å². The third-order valence-electron chi connectivity index (χ3n) is 10.6. The molecule has 3 N–H and O–H groups in total. The molecule has 4 aliphatic rings. The molecule has 258 valence electrons. The summed E-state index contributed by atoms with van der Waals surface area (Å²) in [4.78, 5) is 61.8. The second-order valence-corrected chi connectivity index (χ2v) is 14.1. The standard InChI is InChI=1S/C37H51N7O4/c1-26(2)27-10-12-29(13-11-27)38-36(47)39-33(35(46)43-22-14-30(15-23-43)41-18-6-3-7-19-41)24-34(45)42-20-16-31(17-21-42)44-25-28-8-4-5-9-32(28)40-37(44)48/h4-5,8-13,26,30-31,33H,3,6-7,14-25H2,1-2H3,(H,40,48)(H2,38,39,47)/t33-/m0/s1. The molecule has 2 aromatic carbocycles. The van der Waals surface area contributed by atoms with Crippen LogP contribution in [0.5, 0.6) is 0 Å². The van der Waals surface area contributed by atoms with Crippen LogP contribution in [-0.4, -0.2) is 101 Å². The van der Waals surface area contributed by atoms with Gasteiger partial charge in [0.05, 0.1) is 6.42 Å². The van der Waals surface area contributed by atoms with Gasteiger partial charge in [0.2, 0.25) is 11.8 Å². The summed E-state index contributed by atoms with van der Waals surface area (Å²) < 4.78 is 0. The molecule has 6 rings (SSSR count). The number of rotatable bonds is 8. The molecule has 2 aromatic rings. The minimum Gasteiger partial charge on any atom is -0.342 e. The molecule has 0 radical (unpaired) electrons. The number of para-hydroxylation sites is 1. The fraction of sp³-hybridized carbons (Fsp3) is 0.568. The first-order valence-electron chi connectivity index (χ1n) is 17.9. The zero-order chi connectivity index (χ0) is 33.6. The van der Waals surface area contributed by atoms with E-state index in [1.165, 1.54) is 24.8 Å². The lowest BCUT2D eigenvalue weighted by molar-refractivity contribution is -0.140. The Morgan fingerprint density at radius 3 is 2.15 bits per heavy atom. The summed E-state index contributed by atoms with van der Waals surface area (Å²) in [7, 11) is 0. The predicted octanol–water partition coefficient (Wildman–Crippen LogP) is 5.21. The van der Waals surface area contributed by atoms with Gasteiger partial charge in [-0.05, 0) is 86.9 Å². The second-order valence-electron chi connectivity index (χ2n) is 14.1. The minimum absolute atomic E-state index is 0.0204. The van der Waals surface area contributed by atoms with Crippen molar-refractivity contribution in [1.82, 2.24) is 24.9 Å². The number of carbonyl (C=O) groups excluding carboxylic acids is 4. The molecule has 11 nitrogen and oxygen atoms in total. The number of nitrogens with zero attached hydrogens (tertiary/aromatic N) is 4. The number of urea groups is 2. The Kier molecular flexibility index (Phi) is 10.8. The van der Waals surface area contributed by atoms with E-state index in [4.69, 9.17) is 0 Å². The molecular weight excluding hydrogens is 606 g/mol. The van der Waals surface area contributed by atoms with E-state index < -0.39 is 12.1 Å². The molecule has 0 aromatic heterocycles. The van der Waals surface area contributed by atoms with Crippen molar-refractivity contribution in [3.8, 4) is 0 Å². The molecule has 4 heterocycles. The van der Waals surface area contributed by atoms with Crippen molar-refractivity contribution in [2.45, 2.75) is 95.8 Å². The summed E-state index contributed by atoms with van der Waals surface area (Å²) >= 11 is 0. The normalized spacial score (nSPS) is 20.2. The number of benzene rings is 2. The highest BCUT2D eigenvalue weighted by molar-refractivity contribution is 5.96. The Hall–Kier alpha value is -4.12. The topological polar surface area (TPSA) is 117 Å². The zero-order valence-electron chi connectivity index (χ0n) is 28.5. The van der Waals surface area contributed by atoms with Crippen LogP contribution in [-0.2, 0) is 16.1 Å². The average molecular weight is 658 g/mol. The first kappa shape index (κ1) is 33.8. The number of fused-ring (bicyclic) bond motifs is 1. The third-order valence-corrected chi connectivity index (χ3v) is 10.6. The van der Waals surface area contributed by atoms with Crippen LogP contribution in [0.3, 0.4) is 0 Å². The zero-order valence-corrected chi connectivity index (χ0v) is 28.5. The number of likely N-dealkylation sites (tertiary alicyclic amines) is 3. The average Bonchev–Trinajstić information content (AvgIpc) is 3.11. The van der Waals surface area contributed by atoms with E-state index in [0.29, 0.717) is 63.2 Å². The van der Waals surface area contributed by atoms with E-state index in [0.717, 1.165) is 37.2 Å². The van der Waals surface area contributed by atoms with E-state index in [1.807, 2.05) is 58.3 Å². The fourth-order valence-electron chi connectivity index (χ4n) is 7.68. The van der Waals surface area contributed by atoms with E-state index in [2.05, 4.69) is 34.7 Å². The minimum atomic E-state index is -0.971. The molecule has 11 heteroatoms. The van der Waals surface area contributed by atoms with E-state index in [-0.39, 0.29) is 30.3 Å². The van der Waals surface area contributed by atoms with Crippen LogP contribution >= 0.6 is 0 Å². The van der Waals surface area contributed by atoms with Gasteiger partial charge in [-0.1, -0.05) is 50.6 Å². The number of carbonyl (C=O) groups is 4. The molecule has 48 heavy (non-hydrogen) atoms. The molecule has 3 saturated heterocycles. The summed E-state index contributed by atoms with van der Waals surface area (Å²) in [6.45, 7) is 9.26. The van der Waals surface area contributed by atoms with Gasteiger partial charge in [0.1, 0.15) is 6.04 Å². The molecule has 6 amide bonds. The van der Waals surface area contributed by atoms with Gasteiger partial charge in [-0.15, -0.1) is 0 Å². The summed E-state index contributed by atoms with van der Waals surface area (Å²) in [6, 6.07) is 14.4. The first-order valence-corrected chi connectivity index (χ1v) is 17.9.